The molecule has 0 aromatic rings. The number of ether oxygens (including phenoxy) is 1. The van der Waals surface area contributed by atoms with Crippen LogP contribution in [0.4, 0.5) is 0 Å². The third-order valence-electron chi connectivity index (χ3n) is 1.40. The topological polar surface area (TPSA) is 69.4 Å². The molecule has 0 heterocycles. The molecule has 1 atom stereocenters. The summed E-state index contributed by atoms with van der Waals surface area (Å²) in [7, 11) is 0. The Balaban J connectivity index is 3.79. The van der Waals surface area contributed by atoms with Crippen molar-refractivity contribution in [3.05, 3.63) is 10.1 Å². The summed E-state index contributed by atoms with van der Waals surface area (Å²) in [5, 5.41) is 10.3. The number of nitro groups is 1. The van der Waals surface area contributed by atoms with Crippen molar-refractivity contribution in [1.82, 2.24) is 0 Å². The summed E-state index contributed by atoms with van der Waals surface area (Å²) in [6, 6.07) is -0.751. The van der Waals surface area contributed by atoms with Gasteiger partial charge in [0.1, 0.15) is 0 Å². The predicted molar refractivity (Wildman–Crippen MR) is 42.3 cm³/mol. The standard InChI is InChI=1S/C7H13NO4/c1-3-4-7(8(10)11)5-12-6(2)9/h7H,3-5H2,1-2H3/t7-/m1/s1. The Hall–Kier alpha value is -1.13. The van der Waals surface area contributed by atoms with Crippen LogP contribution in [-0.2, 0) is 9.53 Å². The number of esters is 1. The van der Waals surface area contributed by atoms with E-state index in [1.165, 1.54) is 6.92 Å². The van der Waals surface area contributed by atoms with Gasteiger partial charge in [-0.3, -0.25) is 14.9 Å². The van der Waals surface area contributed by atoms with Crippen molar-refractivity contribution in [3.8, 4) is 0 Å². The zero-order chi connectivity index (χ0) is 9.56. The van der Waals surface area contributed by atoms with Gasteiger partial charge in [0.2, 0.25) is 6.04 Å². The van der Waals surface area contributed by atoms with E-state index < -0.39 is 16.9 Å². The highest BCUT2D eigenvalue weighted by Crippen LogP contribution is 2.01. The summed E-state index contributed by atoms with van der Waals surface area (Å²) in [5.74, 6) is -0.474. The van der Waals surface area contributed by atoms with Gasteiger partial charge < -0.3 is 4.74 Å². The molecule has 0 radical (unpaired) electrons. The second-order valence-corrected chi connectivity index (χ2v) is 2.53. The van der Waals surface area contributed by atoms with Crippen molar-refractivity contribution >= 4 is 5.97 Å². The maximum atomic E-state index is 10.3. The van der Waals surface area contributed by atoms with Crippen molar-refractivity contribution < 1.29 is 14.5 Å². The lowest BCUT2D eigenvalue weighted by Crippen LogP contribution is -2.26. The van der Waals surface area contributed by atoms with Crippen LogP contribution in [0.1, 0.15) is 26.7 Å². The highest BCUT2D eigenvalue weighted by atomic mass is 16.6. The number of hydrogen-bond donors (Lipinski definition) is 0. The number of nitrogens with zero attached hydrogens (tertiary/aromatic N) is 1. The molecule has 0 rings (SSSR count). The highest BCUT2D eigenvalue weighted by molar-refractivity contribution is 5.65. The average molecular weight is 175 g/mol. The third-order valence-corrected chi connectivity index (χ3v) is 1.40. The lowest BCUT2D eigenvalue weighted by Gasteiger charge is -2.07. The molecule has 0 aliphatic rings. The number of carbonyl (C=O) groups is 1. The largest absolute Gasteiger partial charge is 0.459 e. The summed E-state index contributed by atoms with van der Waals surface area (Å²) in [6.45, 7) is 2.98. The van der Waals surface area contributed by atoms with E-state index in [2.05, 4.69) is 4.74 Å². The van der Waals surface area contributed by atoms with Gasteiger partial charge in [-0.2, -0.15) is 0 Å². The molecule has 0 aromatic carbocycles. The number of hydrogen-bond acceptors (Lipinski definition) is 4. The van der Waals surface area contributed by atoms with Crippen LogP contribution < -0.4 is 0 Å². The Morgan fingerprint density at radius 3 is 2.58 bits per heavy atom. The van der Waals surface area contributed by atoms with Gasteiger partial charge in [-0.15, -0.1) is 0 Å². The zero-order valence-corrected chi connectivity index (χ0v) is 7.28. The van der Waals surface area contributed by atoms with E-state index in [1.807, 2.05) is 6.92 Å². The second kappa shape index (κ2) is 5.51. The quantitative estimate of drug-likeness (QED) is 0.355. The van der Waals surface area contributed by atoms with Crippen LogP contribution in [0.5, 0.6) is 0 Å². The molecular formula is C7H13NO4. The third kappa shape index (κ3) is 4.65. The maximum absolute atomic E-state index is 10.3. The Morgan fingerprint density at radius 1 is 1.67 bits per heavy atom. The molecule has 5 heteroatoms. The van der Waals surface area contributed by atoms with Crippen molar-refractivity contribution in [2.24, 2.45) is 0 Å². The Bertz CT molecular complexity index is 169. The molecule has 0 saturated carbocycles. The Morgan fingerprint density at radius 2 is 2.25 bits per heavy atom. The first-order chi connectivity index (χ1) is 5.57. The van der Waals surface area contributed by atoms with Gasteiger partial charge in [0.15, 0.2) is 6.61 Å². The number of rotatable bonds is 5. The lowest BCUT2D eigenvalue weighted by atomic mass is 10.2. The molecule has 0 saturated heterocycles. The summed E-state index contributed by atoms with van der Waals surface area (Å²) in [5.41, 5.74) is 0. The van der Waals surface area contributed by atoms with E-state index in [9.17, 15) is 14.9 Å². The molecule has 0 aliphatic heterocycles. The van der Waals surface area contributed by atoms with Gasteiger partial charge in [-0.25, -0.2) is 0 Å². The van der Waals surface area contributed by atoms with Crippen LogP contribution in [0.25, 0.3) is 0 Å². The van der Waals surface area contributed by atoms with Gasteiger partial charge in [-0.1, -0.05) is 6.92 Å². The first-order valence-electron chi connectivity index (χ1n) is 3.84. The van der Waals surface area contributed by atoms with Crippen LogP contribution >= 0.6 is 0 Å². The zero-order valence-electron chi connectivity index (χ0n) is 7.28. The van der Waals surface area contributed by atoms with Gasteiger partial charge in [0.05, 0.1) is 0 Å². The summed E-state index contributed by atoms with van der Waals surface area (Å²) in [4.78, 5) is 20.2. The Kier molecular flexibility index (Phi) is 4.99. The van der Waals surface area contributed by atoms with Crippen LogP contribution in [0.15, 0.2) is 0 Å². The fraction of sp³-hybridized carbons (Fsp3) is 0.857. The molecule has 0 bridgehead atoms. The molecule has 0 aromatic heterocycles. The van der Waals surface area contributed by atoms with E-state index >= 15 is 0 Å². The van der Waals surface area contributed by atoms with E-state index in [-0.39, 0.29) is 6.61 Å². The first kappa shape index (κ1) is 10.9. The van der Waals surface area contributed by atoms with Gasteiger partial charge in [0.25, 0.3) is 0 Å². The minimum Gasteiger partial charge on any atom is -0.459 e. The van der Waals surface area contributed by atoms with Crippen molar-refractivity contribution in [1.29, 1.82) is 0 Å². The number of carbonyl (C=O) groups excluding carboxylic acids is 1. The minimum atomic E-state index is -0.751. The average Bonchev–Trinajstić information content (AvgIpc) is 1.96. The molecule has 0 aliphatic carbocycles. The van der Waals surface area contributed by atoms with Crippen LogP contribution in [0.3, 0.4) is 0 Å². The van der Waals surface area contributed by atoms with E-state index in [4.69, 9.17) is 0 Å². The normalized spacial score (nSPS) is 12.2. The first-order valence-corrected chi connectivity index (χ1v) is 3.84. The Labute approximate surface area is 70.9 Å². The van der Waals surface area contributed by atoms with Gasteiger partial charge in [0, 0.05) is 18.3 Å². The van der Waals surface area contributed by atoms with E-state index in [0.717, 1.165) is 0 Å². The smallest absolute Gasteiger partial charge is 0.302 e. The minimum absolute atomic E-state index is 0.115. The fourth-order valence-electron chi connectivity index (χ4n) is 0.796. The van der Waals surface area contributed by atoms with Crippen LogP contribution in [0, 0.1) is 10.1 Å². The van der Waals surface area contributed by atoms with Gasteiger partial charge >= 0.3 is 5.97 Å². The second-order valence-electron chi connectivity index (χ2n) is 2.53. The van der Waals surface area contributed by atoms with Crippen molar-refractivity contribution in [2.45, 2.75) is 32.7 Å². The van der Waals surface area contributed by atoms with E-state index in [0.29, 0.717) is 12.8 Å². The van der Waals surface area contributed by atoms with E-state index in [1.54, 1.807) is 0 Å². The lowest BCUT2D eigenvalue weighted by molar-refractivity contribution is -0.526. The fourth-order valence-corrected chi connectivity index (χ4v) is 0.796. The van der Waals surface area contributed by atoms with Crippen molar-refractivity contribution in [2.75, 3.05) is 6.61 Å². The molecule has 0 spiro atoms. The summed E-state index contributed by atoms with van der Waals surface area (Å²) >= 11 is 0. The summed E-state index contributed by atoms with van der Waals surface area (Å²) in [6.07, 6.45) is 1.16. The molecular weight excluding hydrogens is 162 g/mol. The molecule has 12 heavy (non-hydrogen) atoms. The molecule has 0 N–H and O–H groups in total. The van der Waals surface area contributed by atoms with Crippen LogP contribution in [-0.4, -0.2) is 23.5 Å². The van der Waals surface area contributed by atoms with Crippen molar-refractivity contribution in [3.63, 3.8) is 0 Å². The monoisotopic (exact) mass is 175 g/mol. The highest BCUT2D eigenvalue weighted by Gasteiger charge is 2.19. The molecule has 0 unspecified atom stereocenters. The molecule has 0 amide bonds. The molecule has 70 valence electrons. The summed E-state index contributed by atoms with van der Waals surface area (Å²) < 4.78 is 4.54. The predicted octanol–water partition coefficient (Wildman–Crippen LogP) is 0.995. The molecule has 5 nitrogen and oxygen atoms in total. The maximum Gasteiger partial charge on any atom is 0.302 e. The van der Waals surface area contributed by atoms with Gasteiger partial charge in [-0.05, 0) is 6.42 Å². The molecule has 0 fully saturated rings. The SMILES string of the molecule is CCC[C@H](COC(C)=O)[N+](=O)[O-]. The van der Waals surface area contributed by atoms with Crippen LogP contribution in [0.2, 0.25) is 0 Å².